The summed E-state index contributed by atoms with van der Waals surface area (Å²) in [5, 5.41) is 3.37. The standard InChI is InChI=1S/C13H14BrN3/c1-9-2-5-12(11(14)8-9)16-13-15-6-7-17(13)10-3-4-10/h2,5-8,10H,3-4H2,1H3,(H,15,16). The normalized spacial score (nSPS) is 14.9. The minimum absolute atomic E-state index is 0.643. The van der Waals surface area contributed by atoms with E-state index in [4.69, 9.17) is 0 Å². The first-order chi connectivity index (χ1) is 8.24. The summed E-state index contributed by atoms with van der Waals surface area (Å²) in [4.78, 5) is 4.37. The molecule has 17 heavy (non-hydrogen) atoms. The molecule has 3 rings (SSSR count). The molecular formula is C13H14BrN3. The predicted octanol–water partition coefficient (Wildman–Crippen LogP) is 4.03. The third kappa shape index (κ3) is 2.22. The van der Waals surface area contributed by atoms with Gasteiger partial charge in [0, 0.05) is 22.9 Å². The number of rotatable bonds is 3. The largest absolute Gasteiger partial charge is 0.325 e. The number of halogens is 1. The van der Waals surface area contributed by atoms with Crippen molar-refractivity contribution in [2.45, 2.75) is 25.8 Å². The van der Waals surface area contributed by atoms with Crippen LogP contribution in [0.2, 0.25) is 0 Å². The number of imidazole rings is 1. The van der Waals surface area contributed by atoms with E-state index in [0.717, 1.165) is 16.1 Å². The zero-order valence-corrected chi connectivity index (χ0v) is 11.2. The first-order valence-electron chi connectivity index (χ1n) is 5.80. The Bertz CT molecular complexity index is 543. The Hall–Kier alpha value is -1.29. The zero-order valence-electron chi connectivity index (χ0n) is 9.65. The van der Waals surface area contributed by atoms with Crippen molar-refractivity contribution in [2.75, 3.05) is 5.32 Å². The fourth-order valence-corrected chi connectivity index (χ4v) is 2.49. The highest BCUT2D eigenvalue weighted by Crippen LogP contribution is 2.37. The number of hydrogen-bond acceptors (Lipinski definition) is 2. The number of aromatic nitrogens is 2. The van der Waals surface area contributed by atoms with Crippen LogP contribution in [0, 0.1) is 6.92 Å². The van der Waals surface area contributed by atoms with E-state index in [1.165, 1.54) is 18.4 Å². The molecule has 1 aliphatic rings. The molecule has 1 aromatic heterocycles. The first kappa shape index (κ1) is 10.8. The summed E-state index contributed by atoms with van der Waals surface area (Å²) >= 11 is 3.57. The van der Waals surface area contributed by atoms with Gasteiger partial charge in [-0.1, -0.05) is 6.07 Å². The van der Waals surface area contributed by atoms with Crippen LogP contribution in [0.25, 0.3) is 0 Å². The lowest BCUT2D eigenvalue weighted by atomic mass is 10.2. The van der Waals surface area contributed by atoms with Gasteiger partial charge in [0.25, 0.3) is 0 Å². The minimum atomic E-state index is 0.643. The van der Waals surface area contributed by atoms with Crippen LogP contribution >= 0.6 is 15.9 Å². The molecule has 0 saturated heterocycles. The van der Waals surface area contributed by atoms with Crippen LogP contribution in [0.3, 0.4) is 0 Å². The third-order valence-corrected chi connectivity index (χ3v) is 3.64. The number of aryl methyl sites for hydroxylation is 1. The molecule has 1 aromatic carbocycles. The SMILES string of the molecule is Cc1ccc(Nc2nccn2C2CC2)c(Br)c1. The monoisotopic (exact) mass is 291 g/mol. The maximum Gasteiger partial charge on any atom is 0.207 e. The van der Waals surface area contributed by atoms with E-state index < -0.39 is 0 Å². The summed E-state index contributed by atoms with van der Waals surface area (Å²) in [5.41, 5.74) is 2.30. The molecule has 0 amide bonds. The van der Waals surface area contributed by atoms with Crippen molar-refractivity contribution in [3.05, 3.63) is 40.6 Å². The summed E-state index contributed by atoms with van der Waals surface area (Å²) in [7, 11) is 0. The van der Waals surface area contributed by atoms with Gasteiger partial charge in [0.2, 0.25) is 5.95 Å². The highest BCUT2D eigenvalue weighted by molar-refractivity contribution is 9.10. The van der Waals surface area contributed by atoms with Crippen molar-refractivity contribution >= 4 is 27.6 Å². The van der Waals surface area contributed by atoms with Gasteiger partial charge in [-0.15, -0.1) is 0 Å². The van der Waals surface area contributed by atoms with Crippen LogP contribution < -0.4 is 5.32 Å². The van der Waals surface area contributed by atoms with Crippen molar-refractivity contribution in [3.63, 3.8) is 0 Å². The van der Waals surface area contributed by atoms with Crippen LogP contribution in [0.1, 0.15) is 24.4 Å². The third-order valence-electron chi connectivity index (χ3n) is 2.98. The fourth-order valence-electron chi connectivity index (χ4n) is 1.90. The molecule has 0 unspecified atom stereocenters. The molecule has 1 heterocycles. The van der Waals surface area contributed by atoms with Gasteiger partial charge in [-0.3, -0.25) is 0 Å². The van der Waals surface area contributed by atoms with E-state index >= 15 is 0 Å². The van der Waals surface area contributed by atoms with Gasteiger partial charge in [-0.2, -0.15) is 0 Å². The Morgan fingerprint density at radius 2 is 2.24 bits per heavy atom. The Morgan fingerprint density at radius 1 is 1.41 bits per heavy atom. The Balaban J connectivity index is 1.88. The van der Waals surface area contributed by atoms with Crippen LogP contribution in [-0.4, -0.2) is 9.55 Å². The van der Waals surface area contributed by atoms with Crippen LogP contribution in [0.5, 0.6) is 0 Å². The maximum absolute atomic E-state index is 4.37. The molecule has 4 heteroatoms. The molecule has 1 N–H and O–H groups in total. The summed E-state index contributed by atoms with van der Waals surface area (Å²) in [6.45, 7) is 2.08. The number of hydrogen-bond donors (Lipinski definition) is 1. The molecule has 1 aliphatic carbocycles. The zero-order chi connectivity index (χ0) is 11.8. The van der Waals surface area contributed by atoms with E-state index in [-0.39, 0.29) is 0 Å². The molecule has 0 radical (unpaired) electrons. The van der Waals surface area contributed by atoms with Gasteiger partial charge in [0.15, 0.2) is 0 Å². The van der Waals surface area contributed by atoms with Gasteiger partial charge in [-0.25, -0.2) is 4.98 Å². The summed E-state index contributed by atoms with van der Waals surface area (Å²) in [5.74, 6) is 0.928. The second-order valence-electron chi connectivity index (χ2n) is 4.50. The second kappa shape index (κ2) is 4.18. The number of benzene rings is 1. The molecule has 0 aliphatic heterocycles. The Labute approximate surface area is 109 Å². The molecule has 1 saturated carbocycles. The highest BCUT2D eigenvalue weighted by atomic mass is 79.9. The van der Waals surface area contributed by atoms with Crippen LogP contribution in [0.4, 0.5) is 11.6 Å². The number of nitrogens with one attached hydrogen (secondary N) is 1. The highest BCUT2D eigenvalue weighted by Gasteiger charge is 2.25. The Morgan fingerprint density at radius 3 is 2.94 bits per heavy atom. The van der Waals surface area contributed by atoms with Crippen molar-refractivity contribution < 1.29 is 0 Å². The van der Waals surface area contributed by atoms with Gasteiger partial charge < -0.3 is 9.88 Å². The van der Waals surface area contributed by atoms with Gasteiger partial charge in [-0.05, 0) is 53.4 Å². The average molecular weight is 292 g/mol. The second-order valence-corrected chi connectivity index (χ2v) is 5.35. The molecule has 0 bridgehead atoms. The molecule has 88 valence electrons. The minimum Gasteiger partial charge on any atom is -0.325 e. The maximum atomic E-state index is 4.37. The van der Waals surface area contributed by atoms with E-state index in [0.29, 0.717) is 6.04 Å². The predicted molar refractivity (Wildman–Crippen MR) is 72.7 cm³/mol. The quantitative estimate of drug-likeness (QED) is 0.925. The van der Waals surface area contributed by atoms with E-state index in [2.05, 4.69) is 55.9 Å². The van der Waals surface area contributed by atoms with E-state index in [1.54, 1.807) is 0 Å². The lowest BCUT2D eigenvalue weighted by molar-refractivity contribution is 0.751. The smallest absolute Gasteiger partial charge is 0.207 e. The van der Waals surface area contributed by atoms with Gasteiger partial charge in [0.1, 0.15) is 0 Å². The summed E-state index contributed by atoms with van der Waals surface area (Å²) in [6.07, 6.45) is 6.42. The Kier molecular flexibility index (Phi) is 2.67. The summed E-state index contributed by atoms with van der Waals surface area (Å²) in [6, 6.07) is 6.92. The fraction of sp³-hybridized carbons (Fsp3) is 0.308. The molecule has 0 atom stereocenters. The molecule has 0 spiro atoms. The van der Waals surface area contributed by atoms with Gasteiger partial charge >= 0.3 is 0 Å². The van der Waals surface area contributed by atoms with Crippen LogP contribution in [-0.2, 0) is 0 Å². The van der Waals surface area contributed by atoms with Gasteiger partial charge in [0.05, 0.1) is 5.69 Å². The average Bonchev–Trinajstić information content (AvgIpc) is 3.03. The number of nitrogens with zero attached hydrogens (tertiary/aromatic N) is 2. The van der Waals surface area contributed by atoms with Crippen molar-refractivity contribution in [2.24, 2.45) is 0 Å². The van der Waals surface area contributed by atoms with Crippen molar-refractivity contribution in [1.82, 2.24) is 9.55 Å². The lowest BCUT2D eigenvalue weighted by Crippen LogP contribution is -2.01. The van der Waals surface area contributed by atoms with E-state index in [1.807, 2.05) is 12.4 Å². The molecule has 3 nitrogen and oxygen atoms in total. The topological polar surface area (TPSA) is 29.9 Å². The summed E-state index contributed by atoms with van der Waals surface area (Å²) < 4.78 is 3.29. The van der Waals surface area contributed by atoms with Crippen LogP contribution in [0.15, 0.2) is 35.1 Å². The number of anilines is 2. The molecule has 1 fully saturated rings. The van der Waals surface area contributed by atoms with Crippen molar-refractivity contribution in [1.29, 1.82) is 0 Å². The first-order valence-corrected chi connectivity index (χ1v) is 6.59. The molecule has 2 aromatic rings. The lowest BCUT2D eigenvalue weighted by Gasteiger charge is -2.10. The van der Waals surface area contributed by atoms with Crippen molar-refractivity contribution in [3.8, 4) is 0 Å². The molecular weight excluding hydrogens is 278 g/mol. The van der Waals surface area contributed by atoms with E-state index in [9.17, 15) is 0 Å².